The van der Waals surface area contributed by atoms with Crippen molar-refractivity contribution >= 4 is 28.1 Å². The van der Waals surface area contributed by atoms with E-state index in [1.54, 1.807) is 6.92 Å². The van der Waals surface area contributed by atoms with Gasteiger partial charge in [-0.1, -0.05) is 11.3 Å². The fourth-order valence-corrected chi connectivity index (χ4v) is 1.79. The van der Waals surface area contributed by atoms with Crippen molar-refractivity contribution in [2.24, 2.45) is 0 Å². The van der Waals surface area contributed by atoms with Crippen LogP contribution in [-0.2, 0) is 0 Å². The Balaban J connectivity index is 2.17. The number of amides is 1. The number of rotatable bonds is 2. The first-order valence-corrected chi connectivity index (χ1v) is 5.58. The second-order valence-electron chi connectivity index (χ2n) is 3.35. The molecule has 0 bridgehead atoms. The van der Waals surface area contributed by atoms with Crippen molar-refractivity contribution in [3.63, 3.8) is 0 Å². The van der Waals surface area contributed by atoms with Crippen LogP contribution in [-0.4, -0.2) is 21.2 Å². The number of nitrogens with one attached hydrogen (secondary N) is 1. The third-order valence-corrected chi connectivity index (χ3v) is 2.79. The van der Waals surface area contributed by atoms with Crippen LogP contribution in [0, 0.1) is 6.92 Å². The van der Waals surface area contributed by atoms with Gasteiger partial charge < -0.3 is 10.8 Å². The molecule has 2 aromatic rings. The van der Waals surface area contributed by atoms with Crippen molar-refractivity contribution in [3.05, 3.63) is 28.8 Å². The molecule has 88 valence electrons. The van der Waals surface area contributed by atoms with Crippen molar-refractivity contribution in [3.8, 4) is 5.75 Å². The molecule has 4 N–H and O–H groups in total. The van der Waals surface area contributed by atoms with Gasteiger partial charge in [0.05, 0.1) is 5.69 Å². The van der Waals surface area contributed by atoms with Crippen molar-refractivity contribution in [2.45, 2.75) is 6.92 Å². The molecule has 1 heterocycles. The molecule has 0 atom stereocenters. The largest absolute Gasteiger partial charge is 0.506 e. The number of nitrogen functional groups attached to an aromatic ring is 1. The fourth-order valence-electron chi connectivity index (χ4n) is 1.20. The Kier molecular flexibility index (Phi) is 2.92. The zero-order chi connectivity index (χ0) is 12.4. The number of nitrogens with two attached hydrogens (primary N) is 1. The Bertz CT molecular complexity index is 567. The molecule has 0 aliphatic carbocycles. The summed E-state index contributed by atoms with van der Waals surface area (Å²) in [4.78, 5) is 11.8. The van der Waals surface area contributed by atoms with Gasteiger partial charge in [0.1, 0.15) is 10.8 Å². The zero-order valence-electron chi connectivity index (χ0n) is 8.97. The normalized spacial score (nSPS) is 10.2. The highest BCUT2D eigenvalue weighted by Crippen LogP contribution is 2.22. The molecule has 2 rings (SSSR count). The van der Waals surface area contributed by atoms with E-state index in [1.807, 2.05) is 0 Å². The molecule has 0 spiro atoms. The Morgan fingerprint density at radius 3 is 2.82 bits per heavy atom. The average molecular weight is 250 g/mol. The summed E-state index contributed by atoms with van der Waals surface area (Å²) in [6, 6.07) is 4.30. The summed E-state index contributed by atoms with van der Waals surface area (Å²) in [5, 5.41) is 20.7. The minimum Gasteiger partial charge on any atom is -0.506 e. The van der Waals surface area contributed by atoms with Crippen molar-refractivity contribution in [2.75, 3.05) is 11.1 Å². The highest BCUT2D eigenvalue weighted by molar-refractivity contribution is 7.15. The number of aromatic nitrogens is 2. The van der Waals surface area contributed by atoms with Crippen LogP contribution in [0.15, 0.2) is 18.2 Å². The van der Waals surface area contributed by atoms with Crippen LogP contribution in [0.1, 0.15) is 15.4 Å². The van der Waals surface area contributed by atoms with Crippen LogP contribution in [0.25, 0.3) is 0 Å². The molecule has 17 heavy (non-hydrogen) atoms. The second kappa shape index (κ2) is 4.38. The first-order chi connectivity index (χ1) is 8.06. The van der Waals surface area contributed by atoms with Gasteiger partial charge in [0.25, 0.3) is 5.91 Å². The third-order valence-electron chi connectivity index (χ3n) is 2.04. The van der Waals surface area contributed by atoms with Gasteiger partial charge in [0.15, 0.2) is 0 Å². The van der Waals surface area contributed by atoms with Crippen molar-refractivity contribution < 1.29 is 9.90 Å². The number of nitrogens with zero attached hydrogens (tertiary/aromatic N) is 2. The SMILES string of the molecule is Cc1nnc(NC(=O)c2ccc(N)c(O)c2)s1. The summed E-state index contributed by atoms with van der Waals surface area (Å²) in [5.41, 5.74) is 5.98. The van der Waals surface area contributed by atoms with E-state index < -0.39 is 0 Å². The fraction of sp³-hybridized carbons (Fsp3) is 0.100. The van der Waals surface area contributed by atoms with E-state index in [0.717, 1.165) is 5.01 Å². The van der Waals surface area contributed by atoms with Gasteiger partial charge in [-0.2, -0.15) is 0 Å². The first-order valence-electron chi connectivity index (χ1n) is 4.76. The lowest BCUT2D eigenvalue weighted by Crippen LogP contribution is -2.11. The number of phenols is 1. The Morgan fingerprint density at radius 2 is 2.24 bits per heavy atom. The van der Waals surface area contributed by atoms with E-state index in [-0.39, 0.29) is 17.3 Å². The monoisotopic (exact) mass is 250 g/mol. The topological polar surface area (TPSA) is 101 Å². The molecule has 0 radical (unpaired) electrons. The third kappa shape index (κ3) is 2.51. The van der Waals surface area contributed by atoms with E-state index in [2.05, 4.69) is 15.5 Å². The number of carbonyl (C=O) groups excluding carboxylic acids is 1. The molecule has 0 unspecified atom stereocenters. The average Bonchev–Trinajstić information content (AvgIpc) is 2.68. The maximum Gasteiger partial charge on any atom is 0.257 e. The lowest BCUT2D eigenvalue weighted by Gasteiger charge is -2.03. The van der Waals surface area contributed by atoms with Gasteiger partial charge in [-0.05, 0) is 25.1 Å². The number of aryl methyl sites for hydroxylation is 1. The Morgan fingerprint density at radius 1 is 1.47 bits per heavy atom. The minimum atomic E-state index is -0.364. The lowest BCUT2D eigenvalue weighted by molar-refractivity contribution is 0.102. The number of hydrogen-bond donors (Lipinski definition) is 3. The number of benzene rings is 1. The molecule has 0 saturated heterocycles. The molecular formula is C10H10N4O2S. The number of phenolic OH excluding ortho intramolecular Hbond substituents is 1. The number of carbonyl (C=O) groups is 1. The molecule has 0 aliphatic heterocycles. The van der Waals surface area contributed by atoms with Crippen LogP contribution in [0.4, 0.5) is 10.8 Å². The van der Waals surface area contributed by atoms with E-state index >= 15 is 0 Å². The van der Waals surface area contributed by atoms with Crippen molar-refractivity contribution in [1.29, 1.82) is 0 Å². The van der Waals surface area contributed by atoms with Crippen LogP contribution in [0.3, 0.4) is 0 Å². The molecule has 0 saturated carbocycles. The number of aromatic hydroxyl groups is 1. The summed E-state index contributed by atoms with van der Waals surface area (Å²) in [5.74, 6) is -0.484. The molecule has 1 aromatic heterocycles. The maximum absolute atomic E-state index is 11.8. The summed E-state index contributed by atoms with van der Waals surface area (Å²) in [7, 11) is 0. The zero-order valence-corrected chi connectivity index (χ0v) is 9.78. The van der Waals surface area contributed by atoms with E-state index in [0.29, 0.717) is 10.7 Å². The summed E-state index contributed by atoms with van der Waals surface area (Å²) >= 11 is 1.28. The molecule has 0 fully saturated rings. The van der Waals surface area contributed by atoms with Gasteiger partial charge in [-0.3, -0.25) is 10.1 Å². The van der Waals surface area contributed by atoms with Gasteiger partial charge >= 0.3 is 0 Å². The minimum absolute atomic E-state index is 0.119. The predicted molar refractivity (Wildman–Crippen MR) is 65.1 cm³/mol. The molecule has 1 amide bonds. The highest BCUT2D eigenvalue weighted by atomic mass is 32.1. The van der Waals surface area contributed by atoms with E-state index in [1.165, 1.54) is 29.5 Å². The van der Waals surface area contributed by atoms with E-state index in [4.69, 9.17) is 5.73 Å². The first kappa shape index (κ1) is 11.3. The van der Waals surface area contributed by atoms with Crippen molar-refractivity contribution in [1.82, 2.24) is 10.2 Å². The van der Waals surface area contributed by atoms with Crippen LogP contribution in [0.5, 0.6) is 5.75 Å². The Hall–Kier alpha value is -2.15. The summed E-state index contributed by atoms with van der Waals surface area (Å²) in [6.07, 6.45) is 0. The van der Waals surface area contributed by atoms with Gasteiger partial charge in [-0.25, -0.2) is 0 Å². The molecule has 6 nitrogen and oxygen atoms in total. The van der Waals surface area contributed by atoms with E-state index in [9.17, 15) is 9.90 Å². The highest BCUT2D eigenvalue weighted by Gasteiger charge is 2.10. The lowest BCUT2D eigenvalue weighted by atomic mass is 10.2. The Labute approximate surface area is 101 Å². The molecular weight excluding hydrogens is 240 g/mol. The van der Waals surface area contributed by atoms with Gasteiger partial charge in [-0.15, -0.1) is 10.2 Å². The summed E-state index contributed by atoms with van der Waals surface area (Å²) < 4.78 is 0. The van der Waals surface area contributed by atoms with Crippen LogP contribution >= 0.6 is 11.3 Å². The van der Waals surface area contributed by atoms with Gasteiger partial charge in [0.2, 0.25) is 5.13 Å². The van der Waals surface area contributed by atoms with Gasteiger partial charge in [0, 0.05) is 5.56 Å². The predicted octanol–water partition coefficient (Wildman–Crippen LogP) is 1.39. The molecule has 1 aromatic carbocycles. The smallest absolute Gasteiger partial charge is 0.257 e. The second-order valence-corrected chi connectivity index (χ2v) is 4.54. The standard InChI is InChI=1S/C10H10N4O2S/c1-5-13-14-10(17-5)12-9(16)6-2-3-7(11)8(15)4-6/h2-4,15H,11H2,1H3,(H,12,14,16). The van der Waals surface area contributed by atoms with Crippen LogP contribution < -0.4 is 11.1 Å². The quantitative estimate of drug-likeness (QED) is 0.552. The van der Waals surface area contributed by atoms with Crippen LogP contribution in [0.2, 0.25) is 0 Å². The summed E-state index contributed by atoms with van der Waals surface area (Å²) in [6.45, 7) is 1.79. The number of hydrogen-bond acceptors (Lipinski definition) is 6. The molecule has 0 aliphatic rings. The number of anilines is 2. The molecule has 7 heteroatoms. The maximum atomic E-state index is 11.8.